The molecule has 5 rings (SSSR count). The van der Waals surface area contributed by atoms with E-state index in [1.807, 2.05) is 48.8 Å². The second kappa shape index (κ2) is 9.11. The van der Waals surface area contributed by atoms with Crippen LogP contribution in [0.15, 0.2) is 61.1 Å². The number of para-hydroxylation sites is 1. The van der Waals surface area contributed by atoms with Crippen LogP contribution < -0.4 is 10.1 Å². The Labute approximate surface area is 193 Å². The van der Waals surface area contributed by atoms with E-state index >= 15 is 0 Å². The molecule has 0 unspecified atom stereocenters. The molecule has 0 bridgehead atoms. The molecule has 0 saturated carbocycles. The molecule has 2 aromatic heterocycles. The minimum absolute atomic E-state index is 0.0183. The van der Waals surface area contributed by atoms with Crippen LogP contribution in [-0.4, -0.2) is 53.2 Å². The number of aromatic amines is 2. The number of piperidine rings is 1. The minimum atomic E-state index is -0.243. The molecule has 1 atom stereocenters. The van der Waals surface area contributed by atoms with E-state index in [-0.39, 0.29) is 17.7 Å². The fourth-order valence-corrected chi connectivity index (χ4v) is 4.94. The van der Waals surface area contributed by atoms with Crippen molar-refractivity contribution in [3.05, 3.63) is 66.6 Å². The molecule has 3 heterocycles. The zero-order valence-electron chi connectivity index (χ0n) is 19.0. The van der Waals surface area contributed by atoms with Crippen LogP contribution in [0.4, 0.5) is 5.69 Å². The summed E-state index contributed by atoms with van der Waals surface area (Å²) < 4.78 is 5.45. The number of likely N-dealkylation sites (tertiary alicyclic amines) is 1. The molecule has 1 fully saturated rings. The lowest BCUT2D eigenvalue weighted by molar-refractivity contribution is -0.119. The van der Waals surface area contributed by atoms with E-state index in [4.69, 9.17) is 4.74 Å². The van der Waals surface area contributed by atoms with Crippen LogP contribution in [0.5, 0.6) is 5.75 Å². The molecule has 7 nitrogen and oxygen atoms in total. The summed E-state index contributed by atoms with van der Waals surface area (Å²) in [7, 11) is 3.80. The maximum Gasteiger partial charge on any atom is 0.232 e. The number of fused-ring (bicyclic) bond motifs is 1. The molecule has 1 saturated heterocycles. The number of H-pyrrole nitrogens is 2. The molecule has 0 aliphatic carbocycles. The molecule has 170 valence electrons. The summed E-state index contributed by atoms with van der Waals surface area (Å²) in [6, 6.07) is 13.9. The van der Waals surface area contributed by atoms with E-state index in [2.05, 4.69) is 38.5 Å². The zero-order valence-corrected chi connectivity index (χ0v) is 19.0. The Hall–Kier alpha value is -3.58. The van der Waals surface area contributed by atoms with Gasteiger partial charge in [0.15, 0.2) is 0 Å². The normalized spacial score (nSPS) is 16.1. The van der Waals surface area contributed by atoms with Gasteiger partial charge in [0.2, 0.25) is 5.91 Å². The smallest absolute Gasteiger partial charge is 0.232 e. The third-order valence-electron chi connectivity index (χ3n) is 6.75. The molecule has 1 amide bonds. The second-order valence-electron chi connectivity index (χ2n) is 8.80. The van der Waals surface area contributed by atoms with Gasteiger partial charge in [-0.3, -0.25) is 9.89 Å². The van der Waals surface area contributed by atoms with Crippen molar-refractivity contribution < 1.29 is 9.53 Å². The molecule has 33 heavy (non-hydrogen) atoms. The van der Waals surface area contributed by atoms with Gasteiger partial charge in [0.25, 0.3) is 0 Å². The van der Waals surface area contributed by atoms with Crippen molar-refractivity contribution in [2.45, 2.75) is 18.8 Å². The van der Waals surface area contributed by atoms with Crippen LogP contribution in [0.2, 0.25) is 0 Å². The fraction of sp³-hybridized carbons (Fsp3) is 0.308. The lowest BCUT2D eigenvalue weighted by atomic mass is 9.79. The van der Waals surface area contributed by atoms with Crippen molar-refractivity contribution in [3.63, 3.8) is 0 Å². The van der Waals surface area contributed by atoms with Crippen molar-refractivity contribution in [1.29, 1.82) is 0 Å². The fourth-order valence-electron chi connectivity index (χ4n) is 4.94. The quantitative estimate of drug-likeness (QED) is 0.406. The first-order valence-electron chi connectivity index (χ1n) is 11.4. The van der Waals surface area contributed by atoms with Gasteiger partial charge in [0.1, 0.15) is 5.75 Å². The number of ether oxygens (including phenoxy) is 1. The summed E-state index contributed by atoms with van der Waals surface area (Å²) in [5, 5.41) is 11.2. The molecular formula is C26H29N5O2. The zero-order chi connectivity index (χ0) is 22.8. The monoisotopic (exact) mass is 443 g/mol. The Kier molecular flexibility index (Phi) is 5.88. The second-order valence-corrected chi connectivity index (χ2v) is 8.80. The van der Waals surface area contributed by atoms with Gasteiger partial charge in [-0.15, -0.1) is 0 Å². The molecule has 0 radical (unpaired) electrons. The SMILES string of the molecule is COc1cccc([C@@H](C(=O)Nc2cccc3c(-c4cn[nH]c4)c[nH]c23)C2CCN(C)CC2)c1. The lowest BCUT2D eigenvalue weighted by Crippen LogP contribution is -2.36. The van der Waals surface area contributed by atoms with Gasteiger partial charge in [-0.1, -0.05) is 24.3 Å². The average molecular weight is 444 g/mol. The largest absolute Gasteiger partial charge is 0.497 e. The Balaban J connectivity index is 1.48. The molecule has 0 spiro atoms. The number of hydrogen-bond acceptors (Lipinski definition) is 4. The van der Waals surface area contributed by atoms with Gasteiger partial charge in [-0.05, 0) is 62.7 Å². The molecule has 1 aliphatic heterocycles. The first-order valence-corrected chi connectivity index (χ1v) is 11.4. The Morgan fingerprint density at radius 1 is 1.18 bits per heavy atom. The molecule has 3 N–H and O–H groups in total. The van der Waals surface area contributed by atoms with Crippen LogP contribution >= 0.6 is 0 Å². The lowest BCUT2D eigenvalue weighted by Gasteiger charge is -2.34. The van der Waals surface area contributed by atoms with E-state index in [0.29, 0.717) is 0 Å². The highest BCUT2D eigenvalue weighted by molar-refractivity contribution is 6.07. The number of amides is 1. The van der Waals surface area contributed by atoms with Gasteiger partial charge in [-0.2, -0.15) is 5.10 Å². The highest BCUT2D eigenvalue weighted by Gasteiger charge is 2.32. The van der Waals surface area contributed by atoms with Gasteiger partial charge in [0, 0.05) is 28.9 Å². The van der Waals surface area contributed by atoms with E-state index in [9.17, 15) is 4.79 Å². The molecule has 4 aromatic rings. The highest BCUT2D eigenvalue weighted by atomic mass is 16.5. The van der Waals surface area contributed by atoms with Crippen molar-refractivity contribution in [2.75, 3.05) is 32.6 Å². The van der Waals surface area contributed by atoms with Crippen molar-refractivity contribution in [1.82, 2.24) is 20.1 Å². The average Bonchev–Trinajstić information content (AvgIpc) is 3.51. The standard InChI is InChI=1S/C26H29N5O2/c1-31-11-9-17(10-12-31)24(18-5-3-6-20(13-18)33-2)26(32)30-23-8-4-7-21-22(16-27-25(21)23)19-14-28-29-15-19/h3-8,13-17,24,27H,9-12H2,1-2H3,(H,28,29)(H,30,32)/t24-/m0/s1. The first kappa shape index (κ1) is 21.3. The number of carbonyl (C=O) groups is 1. The number of nitrogens with zero attached hydrogens (tertiary/aromatic N) is 2. The van der Waals surface area contributed by atoms with E-state index in [1.54, 1.807) is 13.3 Å². The molecule has 2 aromatic carbocycles. The topological polar surface area (TPSA) is 86.0 Å². The van der Waals surface area contributed by atoms with Crippen LogP contribution in [0.25, 0.3) is 22.0 Å². The van der Waals surface area contributed by atoms with Crippen molar-refractivity contribution >= 4 is 22.5 Å². The summed E-state index contributed by atoms with van der Waals surface area (Å²) in [5.74, 6) is 0.823. The first-order chi connectivity index (χ1) is 16.1. The Morgan fingerprint density at radius 2 is 2.00 bits per heavy atom. The van der Waals surface area contributed by atoms with E-state index in [1.165, 1.54) is 0 Å². The number of benzene rings is 2. The van der Waals surface area contributed by atoms with Crippen LogP contribution in [-0.2, 0) is 4.79 Å². The van der Waals surface area contributed by atoms with Crippen LogP contribution in [0.1, 0.15) is 24.3 Å². The third kappa shape index (κ3) is 4.24. The number of nitrogens with one attached hydrogen (secondary N) is 3. The third-order valence-corrected chi connectivity index (χ3v) is 6.75. The van der Waals surface area contributed by atoms with E-state index < -0.39 is 0 Å². The Bertz CT molecular complexity index is 1240. The van der Waals surface area contributed by atoms with Crippen LogP contribution in [0.3, 0.4) is 0 Å². The van der Waals surface area contributed by atoms with Gasteiger partial charge < -0.3 is 19.9 Å². The maximum atomic E-state index is 13.8. The molecular weight excluding hydrogens is 414 g/mol. The van der Waals surface area contributed by atoms with E-state index in [0.717, 1.165) is 65.0 Å². The van der Waals surface area contributed by atoms with Gasteiger partial charge in [0.05, 0.1) is 30.4 Å². The number of anilines is 1. The van der Waals surface area contributed by atoms with Gasteiger partial charge in [-0.25, -0.2) is 0 Å². The molecule has 1 aliphatic rings. The maximum absolute atomic E-state index is 13.8. The van der Waals surface area contributed by atoms with Crippen molar-refractivity contribution in [2.24, 2.45) is 5.92 Å². The number of methoxy groups -OCH3 is 1. The summed E-state index contributed by atoms with van der Waals surface area (Å²) in [6.45, 7) is 2.00. The van der Waals surface area contributed by atoms with Crippen molar-refractivity contribution in [3.8, 4) is 16.9 Å². The summed E-state index contributed by atoms with van der Waals surface area (Å²) in [5.41, 5.74) is 4.75. The molecule has 7 heteroatoms. The summed E-state index contributed by atoms with van der Waals surface area (Å²) in [6.07, 6.45) is 7.60. The number of aromatic nitrogens is 3. The predicted octanol–water partition coefficient (Wildman–Crippen LogP) is 4.63. The summed E-state index contributed by atoms with van der Waals surface area (Å²) >= 11 is 0. The predicted molar refractivity (Wildman–Crippen MR) is 130 cm³/mol. The Morgan fingerprint density at radius 3 is 2.76 bits per heavy atom. The minimum Gasteiger partial charge on any atom is -0.497 e. The number of hydrogen-bond donors (Lipinski definition) is 3. The number of carbonyl (C=O) groups excluding carboxylic acids is 1. The number of rotatable bonds is 6. The van der Waals surface area contributed by atoms with Crippen LogP contribution in [0, 0.1) is 5.92 Å². The summed E-state index contributed by atoms with van der Waals surface area (Å²) in [4.78, 5) is 19.5. The van der Waals surface area contributed by atoms with Gasteiger partial charge >= 0.3 is 0 Å². The highest BCUT2D eigenvalue weighted by Crippen LogP contribution is 2.37.